The molecule has 0 saturated carbocycles. The van der Waals surface area contributed by atoms with Gasteiger partial charge in [-0.1, -0.05) is 23.7 Å². The summed E-state index contributed by atoms with van der Waals surface area (Å²) in [7, 11) is 1.95. The first-order valence-electron chi connectivity index (χ1n) is 6.73. The monoisotopic (exact) mass is 290 g/mol. The molecule has 0 amide bonds. The van der Waals surface area contributed by atoms with E-state index in [4.69, 9.17) is 16.3 Å². The number of benzene rings is 1. The first-order valence-corrected chi connectivity index (χ1v) is 7.10. The lowest BCUT2D eigenvalue weighted by atomic mass is 9.99. The molecule has 1 atom stereocenters. The number of hydrogen-bond donors (Lipinski definition) is 1. The molecule has 1 unspecified atom stereocenters. The van der Waals surface area contributed by atoms with Gasteiger partial charge in [0.05, 0.1) is 11.6 Å². The van der Waals surface area contributed by atoms with Crippen molar-refractivity contribution in [3.63, 3.8) is 0 Å². The number of rotatable bonds is 6. The van der Waals surface area contributed by atoms with Crippen LogP contribution >= 0.6 is 11.6 Å². The van der Waals surface area contributed by atoms with Crippen LogP contribution in [0.25, 0.3) is 0 Å². The molecule has 4 heteroatoms. The average molecular weight is 291 g/mol. The molecule has 0 aliphatic heterocycles. The second kappa shape index (κ2) is 7.27. The van der Waals surface area contributed by atoms with Gasteiger partial charge in [0, 0.05) is 18.4 Å². The minimum absolute atomic E-state index is 0.213. The summed E-state index contributed by atoms with van der Waals surface area (Å²) in [6, 6.07) is 10.3. The van der Waals surface area contributed by atoms with Gasteiger partial charge in [-0.3, -0.25) is 4.98 Å². The SMILES string of the molecule is CCOc1ccc(C(Cc2ccncc2Cl)NC)cc1. The minimum atomic E-state index is 0.213. The Morgan fingerprint density at radius 1 is 1.25 bits per heavy atom. The van der Waals surface area contributed by atoms with Gasteiger partial charge >= 0.3 is 0 Å². The van der Waals surface area contributed by atoms with Gasteiger partial charge in [-0.05, 0) is 49.7 Å². The van der Waals surface area contributed by atoms with E-state index < -0.39 is 0 Å². The zero-order chi connectivity index (χ0) is 14.4. The molecular weight excluding hydrogens is 272 g/mol. The molecule has 1 heterocycles. The third-order valence-corrected chi connectivity index (χ3v) is 3.56. The number of nitrogens with one attached hydrogen (secondary N) is 1. The lowest BCUT2D eigenvalue weighted by Crippen LogP contribution is -2.19. The summed E-state index contributed by atoms with van der Waals surface area (Å²) >= 11 is 6.17. The molecule has 0 fully saturated rings. The van der Waals surface area contributed by atoms with Gasteiger partial charge in [-0.2, -0.15) is 0 Å². The Hall–Kier alpha value is -1.58. The first-order chi connectivity index (χ1) is 9.74. The number of ether oxygens (including phenoxy) is 1. The van der Waals surface area contributed by atoms with Gasteiger partial charge in [0.15, 0.2) is 0 Å². The first kappa shape index (κ1) is 14.8. The lowest BCUT2D eigenvalue weighted by molar-refractivity contribution is 0.340. The van der Waals surface area contributed by atoms with E-state index in [1.807, 2.05) is 32.2 Å². The molecule has 1 aromatic heterocycles. The van der Waals surface area contributed by atoms with Gasteiger partial charge in [-0.25, -0.2) is 0 Å². The molecule has 0 bridgehead atoms. The average Bonchev–Trinajstić information content (AvgIpc) is 2.48. The van der Waals surface area contributed by atoms with Gasteiger partial charge in [0.2, 0.25) is 0 Å². The second-order valence-electron chi connectivity index (χ2n) is 4.51. The minimum Gasteiger partial charge on any atom is -0.494 e. The summed E-state index contributed by atoms with van der Waals surface area (Å²) in [5.74, 6) is 0.896. The van der Waals surface area contributed by atoms with Gasteiger partial charge in [-0.15, -0.1) is 0 Å². The van der Waals surface area contributed by atoms with Gasteiger partial charge in [0.1, 0.15) is 5.75 Å². The Morgan fingerprint density at radius 3 is 2.60 bits per heavy atom. The van der Waals surface area contributed by atoms with E-state index in [0.717, 1.165) is 17.7 Å². The maximum atomic E-state index is 6.17. The van der Waals surface area contributed by atoms with E-state index >= 15 is 0 Å². The molecule has 2 rings (SSSR count). The molecule has 0 aliphatic rings. The summed E-state index contributed by atoms with van der Waals surface area (Å²) in [5, 5.41) is 4.03. The molecule has 20 heavy (non-hydrogen) atoms. The molecule has 1 aromatic carbocycles. The predicted octanol–water partition coefficient (Wildman–Crippen LogP) is 3.64. The van der Waals surface area contributed by atoms with Crippen LogP contribution < -0.4 is 10.1 Å². The van der Waals surface area contributed by atoms with Crippen LogP contribution in [-0.4, -0.2) is 18.6 Å². The molecular formula is C16H19ClN2O. The standard InChI is InChI=1S/C16H19ClN2O/c1-3-20-14-6-4-12(5-7-14)16(18-2)10-13-8-9-19-11-15(13)17/h4-9,11,16,18H,3,10H2,1-2H3. The van der Waals surface area contributed by atoms with Gasteiger partial charge in [0.25, 0.3) is 0 Å². The topological polar surface area (TPSA) is 34.1 Å². The van der Waals surface area contributed by atoms with Crippen molar-refractivity contribution >= 4 is 11.6 Å². The molecule has 3 nitrogen and oxygen atoms in total. The number of aromatic nitrogens is 1. The Morgan fingerprint density at radius 2 is 2.00 bits per heavy atom. The highest BCUT2D eigenvalue weighted by molar-refractivity contribution is 6.31. The van der Waals surface area contributed by atoms with Crippen molar-refractivity contribution in [3.05, 3.63) is 58.9 Å². The van der Waals surface area contributed by atoms with E-state index in [0.29, 0.717) is 11.6 Å². The normalized spacial score (nSPS) is 12.2. The van der Waals surface area contributed by atoms with Crippen LogP contribution in [0, 0.1) is 0 Å². The van der Waals surface area contributed by atoms with Crippen LogP contribution in [0.4, 0.5) is 0 Å². The molecule has 1 N–H and O–H groups in total. The Balaban J connectivity index is 2.13. The van der Waals surface area contributed by atoms with Crippen molar-refractivity contribution in [3.8, 4) is 5.75 Å². The second-order valence-corrected chi connectivity index (χ2v) is 4.92. The lowest BCUT2D eigenvalue weighted by Gasteiger charge is -2.18. The summed E-state index contributed by atoms with van der Waals surface area (Å²) in [5.41, 5.74) is 2.30. The molecule has 0 spiro atoms. The van der Waals surface area contributed by atoms with Crippen molar-refractivity contribution in [2.45, 2.75) is 19.4 Å². The highest BCUT2D eigenvalue weighted by Gasteiger charge is 2.12. The van der Waals surface area contributed by atoms with Crippen LogP contribution in [0.5, 0.6) is 5.75 Å². The number of halogens is 1. The van der Waals surface area contributed by atoms with E-state index in [-0.39, 0.29) is 6.04 Å². The summed E-state index contributed by atoms with van der Waals surface area (Å²) < 4.78 is 5.46. The van der Waals surface area contributed by atoms with Crippen molar-refractivity contribution < 1.29 is 4.74 Å². The van der Waals surface area contributed by atoms with E-state index in [1.165, 1.54) is 5.56 Å². The van der Waals surface area contributed by atoms with Crippen LogP contribution in [0.1, 0.15) is 24.1 Å². The predicted molar refractivity (Wildman–Crippen MR) is 82.4 cm³/mol. The highest BCUT2D eigenvalue weighted by Crippen LogP contribution is 2.24. The Bertz CT molecular complexity index is 542. The summed E-state index contributed by atoms with van der Waals surface area (Å²) in [6.45, 7) is 2.66. The Kier molecular flexibility index (Phi) is 5.39. The number of hydrogen-bond acceptors (Lipinski definition) is 3. The van der Waals surface area contributed by atoms with Crippen LogP contribution in [0.15, 0.2) is 42.7 Å². The number of pyridine rings is 1. The third-order valence-electron chi connectivity index (χ3n) is 3.22. The van der Waals surface area contributed by atoms with Crippen molar-refractivity contribution in [1.82, 2.24) is 10.3 Å². The largest absolute Gasteiger partial charge is 0.494 e. The van der Waals surface area contributed by atoms with E-state index in [1.54, 1.807) is 12.4 Å². The molecule has 0 saturated heterocycles. The third kappa shape index (κ3) is 3.71. The Labute approximate surface area is 124 Å². The highest BCUT2D eigenvalue weighted by atomic mass is 35.5. The van der Waals surface area contributed by atoms with Crippen molar-refractivity contribution in [2.24, 2.45) is 0 Å². The zero-order valence-electron chi connectivity index (χ0n) is 11.8. The molecule has 2 aromatic rings. The van der Waals surface area contributed by atoms with Crippen LogP contribution in [0.2, 0.25) is 5.02 Å². The summed E-state index contributed by atoms with van der Waals surface area (Å²) in [6.07, 6.45) is 4.28. The van der Waals surface area contributed by atoms with Crippen molar-refractivity contribution in [2.75, 3.05) is 13.7 Å². The fraction of sp³-hybridized carbons (Fsp3) is 0.312. The van der Waals surface area contributed by atoms with Crippen molar-refractivity contribution in [1.29, 1.82) is 0 Å². The number of nitrogens with zero attached hydrogens (tertiary/aromatic N) is 1. The van der Waals surface area contributed by atoms with Crippen LogP contribution in [-0.2, 0) is 6.42 Å². The maximum absolute atomic E-state index is 6.17. The fourth-order valence-corrected chi connectivity index (χ4v) is 2.34. The fourth-order valence-electron chi connectivity index (χ4n) is 2.14. The quantitative estimate of drug-likeness (QED) is 0.882. The maximum Gasteiger partial charge on any atom is 0.119 e. The smallest absolute Gasteiger partial charge is 0.119 e. The van der Waals surface area contributed by atoms with Crippen LogP contribution in [0.3, 0.4) is 0 Å². The number of likely N-dealkylation sites (N-methyl/N-ethyl adjacent to an activating group) is 1. The van der Waals surface area contributed by atoms with E-state index in [9.17, 15) is 0 Å². The zero-order valence-corrected chi connectivity index (χ0v) is 12.5. The summed E-state index contributed by atoms with van der Waals surface area (Å²) in [4.78, 5) is 4.01. The van der Waals surface area contributed by atoms with E-state index in [2.05, 4.69) is 22.4 Å². The molecule has 0 radical (unpaired) electrons. The van der Waals surface area contributed by atoms with Gasteiger partial charge < -0.3 is 10.1 Å². The molecule has 106 valence electrons. The molecule has 0 aliphatic carbocycles.